The molecule has 11 heteroatoms. The Morgan fingerprint density at radius 3 is 2.66 bits per heavy atom. The van der Waals surface area contributed by atoms with Gasteiger partial charge in [-0.15, -0.1) is 0 Å². The van der Waals surface area contributed by atoms with Gasteiger partial charge < -0.3 is 15.0 Å². The fourth-order valence-electron chi connectivity index (χ4n) is 2.89. The summed E-state index contributed by atoms with van der Waals surface area (Å²) in [5.41, 5.74) is -0.953. The first kappa shape index (κ1) is 23.3. The summed E-state index contributed by atoms with van der Waals surface area (Å²) < 4.78 is 43.4. The van der Waals surface area contributed by atoms with E-state index in [1.54, 1.807) is 24.3 Å². The molecule has 0 unspecified atom stereocenters. The number of H-pyrrole nitrogens is 1. The predicted octanol–water partition coefficient (Wildman–Crippen LogP) is 4.10. The van der Waals surface area contributed by atoms with E-state index in [2.05, 4.69) is 15.3 Å². The standard InChI is InChI=1S/C21H17ClF3N3O4/c22-15-9-8-12(10-14(15)21(23,24)25)26-18(29)11-32-19(30)7-3-6-17-27-16-5-2-1-4-13(16)20(31)28-17/h1-2,4-5,8-10H,3,6-7,11H2,(H,26,29)(H,27,28,31). The maximum absolute atomic E-state index is 12.9. The third-order valence-corrected chi connectivity index (χ3v) is 4.71. The molecule has 0 spiro atoms. The number of ether oxygens (including phenoxy) is 1. The number of carbonyl (C=O) groups is 2. The molecule has 3 aromatic rings. The van der Waals surface area contributed by atoms with E-state index in [1.165, 1.54) is 6.07 Å². The van der Waals surface area contributed by atoms with Gasteiger partial charge in [0, 0.05) is 18.5 Å². The summed E-state index contributed by atoms with van der Waals surface area (Å²) in [4.78, 5) is 42.7. The van der Waals surface area contributed by atoms with Gasteiger partial charge in [0.15, 0.2) is 6.61 Å². The number of aromatic amines is 1. The van der Waals surface area contributed by atoms with Crippen molar-refractivity contribution >= 4 is 40.1 Å². The Kier molecular flexibility index (Phi) is 7.14. The van der Waals surface area contributed by atoms with Crippen LogP contribution >= 0.6 is 11.6 Å². The Labute approximate surface area is 184 Å². The minimum Gasteiger partial charge on any atom is -0.456 e. The first-order chi connectivity index (χ1) is 15.1. The van der Waals surface area contributed by atoms with E-state index in [-0.39, 0.29) is 17.7 Å². The van der Waals surface area contributed by atoms with Crippen LogP contribution in [0, 0.1) is 0 Å². The number of hydrogen-bond donors (Lipinski definition) is 2. The van der Waals surface area contributed by atoms with E-state index in [0.29, 0.717) is 35.6 Å². The number of fused-ring (bicyclic) bond motifs is 1. The number of aryl methyl sites for hydroxylation is 1. The molecular formula is C21H17ClF3N3O4. The number of anilines is 1. The zero-order valence-corrected chi connectivity index (χ0v) is 17.2. The molecule has 0 aliphatic heterocycles. The number of hydrogen-bond acceptors (Lipinski definition) is 5. The molecule has 3 rings (SSSR count). The zero-order chi connectivity index (χ0) is 23.3. The number of carbonyl (C=O) groups excluding carboxylic acids is 2. The lowest BCUT2D eigenvalue weighted by atomic mass is 10.2. The quantitative estimate of drug-likeness (QED) is 0.509. The number of halogens is 4. The average Bonchev–Trinajstić information content (AvgIpc) is 2.73. The highest BCUT2D eigenvalue weighted by Crippen LogP contribution is 2.36. The van der Waals surface area contributed by atoms with Crippen LogP contribution in [0.4, 0.5) is 18.9 Å². The number of nitrogens with zero attached hydrogens (tertiary/aromatic N) is 1. The largest absolute Gasteiger partial charge is 0.456 e. The lowest BCUT2D eigenvalue weighted by Gasteiger charge is -2.12. The highest BCUT2D eigenvalue weighted by molar-refractivity contribution is 6.31. The van der Waals surface area contributed by atoms with E-state index < -0.39 is 35.2 Å². The summed E-state index contributed by atoms with van der Waals surface area (Å²) in [5, 5.41) is 2.18. The molecule has 0 saturated carbocycles. The van der Waals surface area contributed by atoms with E-state index in [9.17, 15) is 27.6 Å². The second-order valence-corrected chi connectivity index (χ2v) is 7.19. The number of nitrogens with one attached hydrogen (secondary N) is 2. The summed E-state index contributed by atoms with van der Waals surface area (Å²) in [5.74, 6) is -1.05. The van der Waals surface area contributed by atoms with Crippen LogP contribution in [0.5, 0.6) is 0 Å². The van der Waals surface area contributed by atoms with Crippen LogP contribution in [0.25, 0.3) is 10.9 Å². The first-order valence-corrected chi connectivity index (χ1v) is 9.81. The lowest BCUT2D eigenvalue weighted by Crippen LogP contribution is -2.21. The number of rotatable bonds is 7. The van der Waals surface area contributed by atoms with Crippen molar-refractivity contribution in [3.8, 4) is 0 Å². The average molecular weight is 468 g/mol. The van der Waals surface area contributed by atoms with Crippen LogP contribution < -0.4 is 10.9 Å². The Hall–Kier alpha value is -3.40. The second kappa shape index (κ2) is 9.82. The van der Waals surface area contributed by atoms with Crippen molar-refractivity contribution in [3.63, 3.8) is 0 Å². The van der Waals surface area contributed by atoms with E-state index >= 15 is 0 Å². The minimum absolute atomic E-state index is 0.0387. The van der Waals surface area contributed by atoms with Crippen LogP contribution in [0.2, 0.25) is 5.02 Å². The minimum atomic E-state index is -4.67. The Morgan fingerprint density at radius 1 is 1.16 bits per heavy atom. The van der Waals surface area contributed by atoms with E-state index in [0.717, 1.165) is 6.07 Å². The number of alkyl halides is 3. The number of esters is 1. The number of benzene rings is 2. The molecule has 1 amide bonds. The number of amides is 1. The molecule has 0 aliphatic carbocycles. The van der Waals surface area contributed by atoms with Crippen molar-refractivity contribution in [2.24, 2.45) is 0 Å². The predicted molar refractivity (Wildman–Crippen MR) is 111 cm³/mol. The molecule has 1 heterocycles. The molecule has 2 N–H and O–H groups in total. The normalized spacial score (nSPS) is 11.4. The number of para-hydroxylation sites is 1. The van der Waals surface area contributed by atoms with Crippen LogP contribution in [-0.4, -0.2) is 28.5 Å². The molecule has 1 aromatic heterocycles. The second-order valence-electron chi connectivity index (χ2n) is 6.78. The molecule has 0 aliphatic rings. The molecule has 0 fully saturated rings. The molecule has 0 radical (unpaired) electrons. The van der Waals surface area contributed by atoms with Gasteiger partial charge in [-0.25, -0.2) is 4.98 Å². The molecule has 0 saturated heterocycles. The Morgan fingerprint density at radius 2 is 1.91 bits per heavy atom. The maximum atomic E-state index is 12.9. The molecule has 168 valence electrons. The van der Waals surface area contributed by atoms with Crippen LogP contribution in [0.15, 0.2) is 47.3 Å². The lowest BCUT2D eigenvalue weighted by molar-refractivity contribution is -0.147. The molecule has 7 nitrogen and oxygen atoms in total. The summed E-state index contributed by atoms with van der Waals surface area (Å²) >= 11 is 5.52. The van der Waals surface area contributed by atoms with Crippen LogP contribution in [0.1, 0.15) is 24.2 Å². The highest BCUT2D eigenvalue weighted by atomic mass is 35.5. The van der Waals surface area contributed by atoms with Gasteiger partial charge >= 0.3 is 12.1 Å². The van der Waals surface area contributed by atoms with Gasteiger partial charge in [-0.3, -0.25) is 14.4 Å². The van der Waals surface area contributed by atoms with Crippen molar-refractivity contribution in [1.82, 2.24) is 9.97 Å². The summed E-state index contributed by atoms with van der Waals surface area (Å²) in [6.45, 7) is -0.659. The molecule has 0 bridgehead atoms. The van der Waals surface area contributed by atoms with Gasteiger partial charge in [0.25, 0.3) is 11.5 Å². The summed E-state index contributed by atoms with van der Waals surface area (Å²) in [6.07, 6.45) is -4.09. The SMILES string of the molecule is O=C(COC(=O)CCCc1nc2ccccc2c(=O)[nH]1)Nc1ccc(Cl)c(C(F)(F)F)c1. The van der Waals surface area contributed by atoms with Gasteiger partial charge in [-0.05, 0) is 36.8 Å². The van der Waals surface area contributed by atoms with Crippen molar-refractivity contribution in [2.45, 2.75) is 25.4 Å². The molecule has 0 atom stereocenters. The third-order valence-electron chi connectivity index (χ3n) is 4.38. The number of aromatic nitrogens is 2. The maximum Gasteiger partial charge on any atom is 0.417 e. The Balaban J connectivity index is 1.46. The van der Waals surface area contributed by atoms with Crippen molar-refractivity contribution in [3.05, 3.63) is 69.2 Å². The van der Waals surface area contributed by atoms with Gasteiger partial charge in [0.1, 0.15) is 5.82 Å². The zero-order valence-electron chi connectivity index (χ0n) is 16.5. The van der Waals surface area contributed by atoms with Gasteiger partial charge in [0.05, 0.1) is 21.5 Å². The third kappa shape index (κ3) is 6.07. The van der Waals surface area contributed by atoms with E-state index in [1.807, 2.05) is 0 Å². The summed E-state index contributed by atoms with van der Waals surface area (Å²) in [6, 6.07) is 9.76. The fourth-order valence-corrected chi connectivity index (χ4v) is 3.11. The monoisotopic (exact) mass is 467 g/mol. The van der Waals surface area contributed by atoms with Gasteiger partial charge in [-0.1, -0.05) is 23.7 Å². The van der Waals surface area contributed by atoms with Crippen LogP contribution in [0.3, 0.4) is 0 Å². The molecular weight excluding hydrogens is 451 g/mol. The van der Waals surface area contributed by atoms with Gasteiger partial charge in [-0.2, -0.15) is 13.2 Å². The smallest absolute Gasteiger partial charge is 0.417 e. The van der Waals surface area contributed by atoms with Gasteiger partial charge in [0.2, 0.25) is 0 Å². The van der Waals surface area contributed by atoms with E-state index in [4.69, 9.17) is 16.3 Å². The van der Waals surface area contributed by atoms with Crippen molar-refractivity contribution in [2.75, 3.05) is 11.9 Å². The Bertz CT molecular complexity index is 1210. The summed E-state index contributed by atoms with van der Waals surface area (Å²) in [7, 11) is 0. The highest BCUT2D eigenvalue weighted by Gasteiger charge is 2.33. The molecule has 2 aromatic carbocycles. The topological polar surface area (TPSA) is 101 Å². The molecule has 32 heavy (non-hydrogen) atoms. The first-order valence-electron chi connectivity index (χ1n) is 9.43. The van der Waals surface area contributed by atoms with Crippen molar-refractivity contribution in [1.29, 1.82) is 0 Å². The van der Waals surface area contributed by atoms with Crippen LogP contribution in [-0.2, 0) is 26.9 Å². The fraction of sp³-hybridized carbons (Fsp3) is 0.238. The van der Waals surface area contributed by atoms with Crippen molar-refractivity contribution < 1.29 is 27.5 Å².